The zero-order valence-electron chi connectivity index (χ0n) is 17.8. The number of aromatic carboxylic acids is 2. The molecule has 0 saturated carbocycles. The number of furan rings is 2. The van der Waals surface area contributed by atoms with Crippen molar-refractivity contribution in [3.05, 3.63) is 47.3 Å². The maximum atomic E-state index is 10.4. The summed E-state index contributed by atoms with van der Waals surface area (Å²) in [5, 5.41) is 52.0. The van der Waals surface area contributed by atoms with Gasteiger partial charge in [-0.2, -0.15) is 0 Å². The second-order valence-electron chi connectivity index (χ2n) is 6.54. The van der Waals surface area contributed by atoms with Crippen LogP contribution in [0.5, 0.6) is 0 Å². The van der Waals surface area contributed by atoms with Gasteiger partial charge in [0.25, 0.3) is 0 Å². The average molecular weight is 488 g/mol. The third-order valence-electron chi connectivity index (χ3n) is 4.07. The lowest BCUT2D eigenvalue weighted by atomic mass is 10.1. The summed E-state index contributed by atoms with van der Waals surface area (Å²) in [6.45, 7) is 0.677. The predicted molar refractivity (Wildman–Crippen MR) is 107 cm³/mol. The fourth-order valence-corrected chi connectivity index (χ4v) is 2.40. The molecule has 0 spiro atoms. The van der Waals surface area contributed by atoms with Crippen LogP contribution in [0.3, 0.4) is 0 Å². The number of aliphatic hydroxyl groups is 4. The summed E-state index contributed by atoms with van der Waals surface area (Å²) in [5.41, 5.74) is 0. The van der Waals surface area contributed by atoms with E-state index >= 15 is 0 Å². The molecule has 0 radical (unpaired) electrons. The molecular formula is C20H24O14. The first kappa shape index (κ1) is 28.5. The van der Waals surface area contributed by atoms with Crippen LogP contribution in [-0.4, -0.2) is 92.5 Å². The molecule has 6 N–H and O–H groups in total. The fraction of sp³-hybridized carbons (Fsp3) is 0.400. The average Bonchev–Trinajstić information content (AvgIpc) is 3.53. The van der Waals surface area contributed by atoms with Crippen LogP contribution in [0.25, 0.3) is 0 Å². The third kappa shape index (κ3) is 8.76. The number of aliphatic hydroxyl groups excluding tert-OH is 4. The standard InChI is InChI=1S/C8H8O4.C6H12O5.C6H4O5/c1-6(10)11-5-8-3-2-7(4-9)12-8;7-1-3-5(9)6(10)4(2-8)11-3;7-5(8)3-1-2-4(11-3)6(9)10/h2-4H,5H2,1H3;3-10H,1-2H2;1-2H,(H,7,8)(H,9,10)/t;3-,4+,5+,6-;. The molecule has 1 aliphatic heterocycles. The Morgan fingerprint density at radius 1 is 0.912 bits per heavy atom. The van der Waals surface area contributed by atoms with Crippen molar-refractivity contribution in [3.63, 3.8) is 0 Å². The minimum atomic E-state index is -1.28. The van der Waals surface area contributed by atoms with Crippen molar-refractivity contribution in [1.82, 2.24) is 0 Å². The molecule has 1 saturated heterocycles. The van der Waals surface area contributed by atoms with Crippen molar-refractivity contribution in [2.75, 3.05) is 13.2 Å². The SMILES string of the molecule is CC(=O)OCc1ccc(C=O)o1.O=C(O)c1ccc(C(=O)O)o1.OC[C@@H]1O[C@H](CO)[C@H](O)[C@@H]1O. The number of carbonyl (C=O) groups excluding carboxylic acids is 2. The van der Waals surface area contributed by atoms with Gasteiger partial charge >= 0.3 is 17.9 Å². The molecule has 34 heavy (non-hydrogen) atoms. The molecule has 14 heteroatoms. The summed E-state index contributed by atoms with van der Waals surface area (Å²) in [5.74, 6) is -2.98. The molecule has 4 atom stereocenters. The third-order valence-corrected chi connectivity index (χ3v) is 4.07. The van der Waals surface area contributed by atoms with Gasteiger partial charge in [-0.05, 0) is 24.3 Å². The molecule has 0 bridgehead atoms. The van der Waals surface area contributed by atoms with Crippen molar-refractivity contribution in [1.29, 1.82) is 0 Å². The number of hydrogen-bond donors (Lipinski definition) is 6. The zero-order chi connectivity index (χ0) is 25.8. The van der Waals surface area contributed by atoms with Gasteiger partial charge in [0.2, 0.25) is 11.5 Å². The highest BCUT2D eigenvalue weighted by molar-refractivity contribution is 5.88. The maximum Gasteiger partial charge on any atom is 0.371 e. The molecule has 188 valence electrons. The lowest BCUT2D eigenvalue weighted by Gasteiger charge is -2.10. The van der Waals surface area contributed by atoms with Crippen molar-refractivity contribution < 1.29 is 68.1 Å². The number of ether oxygens (including phenoxy) is 2. The van der Waals surface area contributed by atoms with Crippen molar-refractivity contribution >= 4 is 24.2 Å². The van der Waals surface area contributed by atoms with Gasteiger partial charge in [0.1, 0.15) is 36.8 Å². The lowest BCUT2D eigenvalue weighted by Crippen LogP contribution is -2.34. The predicted octanol–water partition coefficient (Wildman–Crippen LogP) is -0.709. The molecule has 1 aliphatic rings. The minimum Gasteiger partial charge on any atom is -0.475 e. The molecule has 3 rings (SSSR count). The van der Waals surface area contributed by atoms with Gasteiger partial charge in [-0.3, -0.25) is 9.59 Å². The molecule has 0 amide bonds. The number of hydrogen-bond acceptors (Lipinski definition) is 12. The topological polar surface area (TPSA) is 234 Å². The van der Waals surface area contributed by atoms with E-state index in [0.29, 0.717) is 12.0 Å². The summed E-state index contributed by atoms with van der Waals surface area (Å²) < 4.78 is 18.9. The maximum absolute atomic E-state index is 10.4. The Morgan fingerprint density at radius 2 is 1.41 bits per heavy atom. The second-order valence-corrected chi connectivity index (χ2v) is 6.54. The Kier molecular flexibility index (Phi) is 11.6. The van der Waals surface area contributed by atoms with Crippen LogP contribution in [0.1, 0.15) is 44.3 Å². The van der Waals surface area contributed by atoms with Gasteiger partial charge in [-0.15, -0.1) is 0 Å². The number of rotatable bonds is 7. The minimum absolute atomic E-state index is 0.0726. The summed E-state index contributed by atoms with van der Waals surface area (Å²) in [7, 11) is 0. The first-order valence-electron chi connectivity index (χ1n) is 9.50. The summed E-state index contributed by atoms with van der Waals surface area (Å²) in [6, 6.07) is 5.29. The van der Waals surface area contributed by atoms with Crippen LogP contribution in [0.4, 0.5) is 0 Å². The van der Waals surface area contributed by atoms with Gasteiger partial charge in [-0.1, -0.05) is 0 Å². The number of carboxylic acid groups (broad SMARTS) is 2. The number of carbonyl (C=O) groups is 4. The molecule has 2 aromatic heterocycles. The van der Waals surface area contributed by atoms with Crippen LogP contribution in [-0.2, 0) is 20.9 Å². The van der Waals surface area contributed by atoms with E-state index in [-0.39, 0.29) is 43.1 Å². The lowest BCUT2D eigenvalue weighted by molar-refractivity contribution is -0.142. The molecular weight excluding hydrogens is 464 g/mol. The largest absolute Gasteiger partial charge is 0.475 e. The number of esters is 1. The van der Waals surface area contributed by atoms with Crippen LogP contribution in [0, 0.1) is 0 Å². The van der Waals surface area contributed by atoms with E-state index < -0.39 is 36.4 Å². The Morgan fingerprint density at radius 3 is 1.71 bits per heavy atom. The van der Waals surface area contributed by atoms with Crippen LogP contribution in [0.15, 0.2) is 33.1 Å². The number of aldehydes is 1. The molecule has 14 nitrogen and oxygen atoms in total. The van der Waals surface area contributed by atoms with E-state index in [0.717, 1.165) is 12.1 Å². The van der Waals surface area contributed by atoms with Gasteiger partial charge in [0.15, 0.2) is 12.0 Å². The van der Waals surface area contributed by atoms with E-state index in [2.05, 4.69) is 9.15 Å². The van der Waals surface area contributed by atoms with Gasteiger partial charge < -0.3 is 48.9 Å². The molecule has 0 unspecified atom stereocenters. The molecule has 1 fully saturated rings. The van der Waals surface area contributed by atoms with E-state index in [9.17, 15) is 19.2 Å². The van der Waals surface area contributed by atoms with Gasteiger partial charge in [0.05, 0.1) is 13.2 Å². The van der Waals surface area contributed by atoms with Gasteiger partial charge in [-0.25, -0.2) is 9.59 Å². The molecule has 0 aliphatic carbocycles. The Labute approximate surface area is 191 Å². The van der Waals surface area contributed by atoms with Crippen molar-refractivity contribution in [2.24, 2.45) is 0 Å². The summed E-state index contributed by atoms with van der Waals surface area (Å²) in [6.07, 6.45) is -3.16. The Hall–Kier alpha value is -3.56. The van der Waals surface area contributed by atoms with E-state index in [4.69, 9.17) is 39.8 Å². The van der Waals surface area contributed by atoms with Crippen LogP contribution >= 0.6 is 0 Å². The first-order valence-corrected chi connectivity index (χ1v) is 9.50. The normalized spacial score (nSPS) is 20.9. The van der Waals surface area contributed by atoms with Crippen molar-refractivity contribution in [3.8, 4) is 0 Å². The second kappa shape index (κ2) is 13.9. The molecule has 2 aromatic rings. The van der Waals surface area contributed by atoms with E-state index in [1.54, 1.807) is 6.07 Å². The van der Waals surface area contributed by atoms with Gasteiger partial charge in [0, 0.05) is 6.92 Å². The van der Waals surface area contributed by atoms with Crippen molar-refractivity contribution in [2.45, 2.75) is 37.9 Å². The highest BCUT2D eigenvalue weighted by atomic mass is 16.6. The monoisotopic (exact) mass is 488 g/mol. The zero-order valence-corrected chi connectivity index (χ0v) is 17.8. The smallest absolute Gasteiger partial charge is 0.371 e. The summed E-state index contributed by atoms with van der Waals surface area (Å²) >= 11 is 0. The van der Waals surface area contributed by atoms with E-state index in [1.807, 2.05) is 0 Å². The molecule has 3 heterocycles. The Balaban J connectivity index is 0.000000255. The Bertz CT molecular complexity index is 898. The number of carboxylic acids is 2. The highest BCUT2D eigenvalue weighted by Crippen LogP contribution is 2.20. The quantitative estimate of drug-likeness (QED) is 0.209. The van der Waals surface area contributed by atoms with Crippen LogP contribution < -0.4 is 0 Å². The highest BCUT2D eigenvalue weighted by Gasteiger charge is 2.41. The van der Waals surface area contributed by atoms with E-state index in [1.165, 1.54) is 13.0 Å². The fourth-order valence-electron chi connectivity index (χ4n) is 2.40. The van der Waals surface area contributed by atoms with Crippen LogP contribution in [0.2, 0.25) is 0 Å². The molecule has 0 aromatic carbocycles. The summed E-state index contributed by atoms with van der Waals surface area (Å²) in [4.78, 5) is 40.8. The first-order chi connectivity index (χ1) is 16.0.